The Labute approximate surface area is 226 Å². The first-order valence-electron chi connectivity index (χ1n) is 12.1. The van der Waals surface area contributed by atoms with Gasteiger partial charge in [0.25, 0.3) is 0 Å². The smallest absolute Gasteiger partial charge is 0.335 e. The number of nitrogens with zero attached hydrogens (tertiary/aromatic N) is 3. The van der Waals surface area contributed by atoms with Crippen molar-refractivity contribution in [1.82, 2.24) is 14.7 Å². The molecule has 0 fully saturated rings. The summed E-state index contributed by atoms with van der Waals surface area (Å²) in [6.07, 6.45) is -1.47. The number of carboxylic acid groups (broad SMARTS) is 1. The van der Waals surface area contributed by atoms with Crippen LogP contribution in [0, 0.1) is 17.5 Å². The zero-order valence-corrected chi connectivity index (χ0v) is 21.1. The Morgan fingerprint density at radius 1 is 1.07 bits per heavy atom. The van der Waals surface area contributed by atoms with Gasteiger partial charge in [-0.05, 0) is 29.8 Å². The van der Waals surface area contributed by atoms with Crippen LogP contribution < -0.4 is 10.1 Å². The van der Waals surface area contributed by atoms with Gasteiger partial charge in [-0.2, -0.15) is 5.10 Å². The lowest BCUT2D eigenvalue weighted by molar-refractivity contribution is -0.121. The zero-order valence-electron chi connectivity index (χ0n) is 21.1. The van der Waals surface area contributed by atoms with Crippen LogP contribution in [0.15, 0.2) is 60.7 Å². The molecule has 9 nitrogen and oxygen atoms in total. The molecule has 0 radical (unpaired) electrons. The third-order valence-electron chi connectivity index (χ3n) is 6.48. The summed E-state index contributed by atoms with van der Waals surface area (Å²) in [7, 11) is 1.58. The van der Waals surface area contributed by atoms with Gasteiger partial charge in [0.1, 0.15) is 23.9 Å². The minimum Gasteiger partial charge on any atom is -0.488 e. The molecule has 1 unspecified atom stereocenters. The summed E-state index contributed by atoms with van der Waals surface area (Å²) < 4.78 is 49.2. The molecule has 1 atom stereocenters. The van der Waals surface area contributed by atoms with E-state index in [4.69, 9.17) is 4.74 Å². The van der Waals surface area contributed by atoms with Gasteiger partial charge in [-0.25, -0.2) is 18.0 Å². The van der Waals surface area contributed by atoms with Crippen LogP contribution in [0.5, 0.6) is 5.75 Å². The van der Waals surface area contributed by atoms with Crippen LogP contribution in [-0.2, 0) is 25.0 Å². The molecule has 3 N–H and O–H groups in total. The molecule has 3 aromatic carbocycles. The van der Waals surface area contributed by atoms with Crippen molar-refractivity contribution in [2.75, 3.05) is 11.9 Å². The topological polar surface area (TPSA) is 117 Å². The van der Waals surface area contributed by atoms with Crippen molar-refractivity contribution in [2.45, 2.75) is 19.4 Å². The molecule has 0 spiro atoms. The number of ether oxygens (including phenoxy) is 1. The molecule has 1 amide bonds. The SMILES string of the molecule is Cn1nc(C(O)N(CC(=O)Nc2cc(C(=O)O)ccc2F)Cc2ccccc2)c2c1-c1cc(F)c(F)cc1OC2. The van der Waals surface area contributed by atoms with E-state index < -0.39 is 42.1 Å². The van der Waals surface area contributed by atoms with Crippen molar-refractivity contribution in [3.63, 3.8) is 0 Å². The Kier molecular flexibility index (Phi) is 7.28. The number of halogens is 3. The molecular formula is C28H23F3N4O5. The number of aromatic nitrogens is 2. The molecule has 206 valence electrons. The first kappa shape index (κ1) is 26.9. The van der Waals surface area contributed by atoms with Crippen molar-refractivity contribution in [1.29, 1.82) is 0 Å². The largest absolute Gasteiger partial charge is 0.488 e. The van der Waals surface area contributed by atoms with E-state index in [2.05, 4.69) is 10.4 Å². The molecule has 40 heavy (non-hydrogen) atoms. The van der Waals surface area contributed by atoms with Crippen LogP contribution >= 0.6 is 0 Å². The quantitative estimate of drug-likeness (QED) is 0.280. The van der Waals surface area contributed by atoms with E-state index in [9.17, 15) is 33.0 Å². The van der Waals surface area contributed by atoms with E-state index >= 15 is 0 Å². The van der Waals surface area contributed by atoms with E-state index in [1.165, 1.54) is 9.58 Å². The molecule has 1 aromatic heterocycles. The van der Waals surface area contributed by atoms with E-state index in [0.29, 0.717) is 11.3 Å². The summed E-state index contributed by atoms with van der Waals surface area (Å²) in [5.41, 5.74) is 1.45. The number of hydrogen-bond acceptors (Lipinski definition) is 6. The van der Waals surface area contributed by atoms with Gasteiger partial charge in [0.05, 0.1) is 23.5 Å². The number of aliphatic hydroxyl groups is 1. The number of amides is 1. The monoisotopic (exact) mass is 552 g/mol. The highest BCUT2D eigenvalue weighted by Gasteiger charge is 2.33. The van der Waals surface area contributed by atoms with E-state index in [1.54, 1.807) is 37.4 Å². The summed E-state index contributed by atoms with van der Waals surface area (Å²) in [6, 6.07) is 13.9. The zero-order chi connectivity index (χ0) is 28.6. The van der Waals surface area contributed by atoms with Crippen LogP contribution in [0.25, 0.3) is 11.3 Å². The molecule has 0 saturated heterocycles. The van der Waals surface area contributed by atoms with Crippen molar-refractivity contribution >= 4 is 17.6 Å². The second-order valence-electron chi connectivity index (χ2n) is 9.20. The number of carbonyl (C=O) groups is 2. The van der Waals surface area contributed by atoms with Crippen LogP contribution in [0.2, 0.25) is 0 Å². The summed E-state index contributed by atoms with van der Waals surface area (Å²) in [5.74, 6) is -4.84. The van der Waals surface area contributed by atoms with Gasteiger partial charge in [0, 0.05) is 30.8 Å². The number of fused-ring (bicyclic) bond motifs is 3. The number of anilines is 1. The lowest BCUT2D eigenvalue weighted by atomic mass is 10.0. The molecular weight excluding hydrogens is 529 g/mol. The standard InChI is InChI=1S/C28H23F3N4O5/c1-34-26-17-10-20(30)21(31)11-23(17)40-14-18(26)25(33-34)27(37)35(12-15-5-3-2-4-6-15)13-24(36)32-22-9-16(28(38)39)7-8-19(22)29/h2-11,27,37H,12-14H2,1H3,(H,32,36)(H,38,39). The number of aryl methyl sites for hydroxylation is 1. The number of rotatable bonds is 8. The average Bonchev–Trinajstić information content (AvgIpc) is 3.27. The van der Waals surface area contributed by atoms with Crippen LogP contribution in [0.4, 0.5) is 18.9 Å². The maximum atomic E-state index is 14.3. The highest BCUT2D eigenvalue weighted by molar-refractivity contribution is 5.95. The van der Waals surface area contributed by atoms with Crippen LogP contribution in [0.1, 0.15) is 33.4 Å². The number of aromatic carboxylic acids is 1. The maximum Gasteiger partial charge on any atom is 0.335 e. The Balaban J connectivity index is 1.46. The fourth-order valence-corrected chi connectivity index (χ4v) is 4.61. The summed E-state index contributed by atoms with van der Waals surface area (Å²) >= 11 is 0. The van der Waals surface area contributed by atoms with Gasteiger partial charge in [0.15, 0.2) is 17.9 Å². The fraction of sp³-hybridized carbons (Fsp3) is 0.179. The van der Waals surface area contributed by atoms with E-state index in [0.717, 1.165) is 35.9 Å². The van der Waals surface area contributed by atoms with Crippen molar-refractivity contribution in [2.24, 2.45) is 7.05 Å². The highest BCUT2D eigenvalue weighted by atomic mass is 19.2. The van der Waals surface area contributed by atoms with Crippen LogP contribution in [-0.4, -0.2) is 43.3 Å². The minimum atomic E-state index is -1.47. The Morgan fingerprint density at radius 2 is 1.80 bits per heavy atom. The number of benzene rings is 3. The molecule has 1 aliphatic rings. The average molecular weight is 553 g/mol. The number of carbonyl (C=O) groups excluding carboxylic acids is 1. The number of carboxylic acids is 1. The lowest BCUT2D eigenvalue weighted by Gasteiger charge is -2.28. The molecule has 1 aliphatic heterocycles. The lowest BCUT2D eigenvalue weighted by Crippen LogP contribution is -2.36. The molecule has 0 saturated carbocycles. The fourth-order valence-electron chi connectivity index (χ4n) is 4.61. The van der Waals surface area contributed by atoms with Gasteiger partial charge >= 0.3 is 5.97 Å². The molecule has 0 bridgehead atoms. The molecule has 5 rings (SSSR count). The second kappa shape index (κ2) is 10.8. The first-order valence-corrected chi connectivity index (χ1v) is 12.1. The maximum absolute atomic E-state index is 14.3. The third kappa shape index (κ3) is 5.26. The predicted molar refractivity (Wildman–Crippen MR) is 137 cm³/mol. The summed E-state index contributed by atoms with van der Waals surface area (Å²) in [4.78, 5) is 25.7. The first-order chi connectivity index (χ1) is 19.1. The van der Waals surface area contributed by atoms with E-state index in [1.807, 2.05) is 0 Å². The minimum absolute atomic E-state index is 0.0791. The Morgan fingerprint density at radius 3 is 2.52 bits per heavy atom. The summed E-state index contributed by atoms with van der Waals surface area (Å²) in [5, 5.41) is 27.4. The highest BCUT2D eigenvalue weighted by Crippen LogP contribution is 2.41. The van der Waals surface area contributed by atoms with Gasteiger partial charge in [-0.3, -0.25) is 14.4 Å². The Hall–Kier alpha value is -4.68. The predicted octanol–water partition coefficient (Wildman–Crippen LogP) is 4.23. The van der Waals surface area contributed by atoms with E-state index in [-0.39, 0.29) is 41.4 Å². The van der Waals surface area contributed by atoms with Gasteiger partial charge in [0.2, 0.25) is 5.91 Å². The van der Waals surface area contributed by atoms with Gasteiger partial charge in [-0.15, -0.1) is 0 Å². The van der Waals surface area contributed by atoms with Crippen LogP contribution in [0.3, 0.4) is 0 Å². The normalized spacial score (nSPS) is 12.8. The van der Waals surface area contributed by atoms with Crippen molar-refractivity contribution in [3.05, 3.63) is 100 Å². The number of aliphatic hydroxyl groups excluding tert-OH is 1. The van der Waals surface area contributed by atoms with Gasteiger partial charge < -0.3 is 20.3 Å². The van der Waals surface area contributed by atoms with Gasteiger partial charge in [-0.1, -0.05) is 30.3 Å². The number of hydrogen-bond donors (Lipinski definition) is 3. The molecule has 0 aliphatic carbocycles. The number of nitrogens with one attached hydrogen (secondary N) is 1. The molecule has 12 heteroatoms. The van der Waals surface area contributed by atoms with Crippen molar-refractivity contribution < 1.29 is 37.7 Å². The third-order valence-corrected chi connectivity index (χ3v) is 6.48. The molecule has 4 aromatic rings. The molecule has 2 heterocycles. The van der Waals surface area contributed by atoms with Crippen molar-refractivity contribution in [3.8, 4) is 17.0 Å². The second-order valence-corrected chi connectivity index (χ2v) is 9.20. The Bertz CT molecular complexity index is 1610. The summed E-state index contributed by atoms with van der Waals surface area (Å²) in [6.45, 7) is -0.447.